The molecule has 0 aromatic rings. The van der Waals surface area contributed by atoms with Crippen molar-refractivity contribution in [1.82, 2.24) is 5.32 Å². The fraction of sp³-hybridized carbons (Fsp3) is 1.00. The lowest BCUT2D eigenvalue weighted by molar-refractivity contribution is 0.393. The molecule has 0 aromatic heterocycles. The third kappa shape index (κ3) is 4.64. The normalized spacial score (nSPS) is 28.1. The van der Waals surface area contributed by atoms with Gasteiger partial charge in [-0.05, 0) is 38.1 Å². The molecule has 0 bridgehead atoms. The van der Waals surface area contributed by atoms with E-state index >= 15 is 0 Å². The average molecular weight is 231 g/mol. The highest BCUT2D eigenvalue weighted by molar-refractivity contribution is 7.84. The first kappa shape index (κ1) is 13.2. The van der Waals surface area contributed by atoms with Crippen LogP contribution in [0.15, 0.2) is 0 Å². The van der Waals surface area contributed by atoms with Crippen LogP contribution in [0.1, 0.15) is 46.0 Å². The van der Waals surface area contributed by atoms with E-state index in [0.717, 1.165) is 30.4 Å². The molecule has 0 aliphatic heterocycles. The zero-order valence-electron chi connectivity index (χ0n) is 10.1. The Kier molecular flexibility index (Phi) is 6.50. The summed E-state index contributed by atoms with van der Waals surface area (Å²) in [5.41, 5.74) is 0. The fourth-order valence-corrected chi connectivity index (χ4v) is 3.26. The zero-order chi connectivity index (χ0) is 11.1. The van der Waals surface area contributed by atoms with Crippen LogP contribution in [0.5, 0.6) is 0 Å². The van der Waals surface area contributed by atoms with E-state index in [-0.39, 0.29) is 0 Å². The van der Waals surface area contributed by atoms with Gasteiger partial charge in [-0.2, -0.15) is 0 Å². The molecular formula is C12H25NOS. The van der Waals surface area contributed by atoms with E-state index < -0.39 is 10.8 Å². The Hall–Kier alpha value is 0.110. The van der Waals surface area contributed by atoms with Gasteiger partial charge in [-0.1, -0.05) is 20.3 Å². The second-order valence-corrected chi connectivity index (χ2v) is 6.34. The molecule has 15 heavy (non-hydrogen) atoms. The van der Waals surface area contributed by atoms with Crippen LogP contribution in [0.2, 0.25) is 0 Å². The quantitative estimate of drug-likeness (QED) is 0.728. The van der Waals surface area contributed by atoms with Crippen LogP contribution in [0.3, 0.4) is 0 Å². The lowest BCUT2D eigenvalue weighted by Gasteiger charge is -2.20. The van der Waals surface area contributed by atoms with Gasteiger partial charge < -0.3 is 5.32 Å². The molecule has 0 heterocycles. The summed E-state index contributed by atoms with van der Waals surface area (Å²) in [7, 11) is -0.571. The predicted molar refractivity (Wildman–Crippen MR) is 67.6 cm³/mol. The minimum atomic E-state index is -0.571. The Labute approximate surface area is 96.7 Å². The number of nitrogens with one attached hydrogen (secondary N) is 1. The number of hydrogen-bond donors (Lipinski definition) is 1. The third-order valence-electron chi connectivity index (χ3n) is 3.35. The van der Waals surface area contributed by atoms with Gasteiger partial charge in [0.2, 0.25) is 0 Å². The van der Waals surface area contributed by atoms with Gasteiger partial charge >= 0.3 is 0 Å². The highest BCUT2D eigenvalue weighted by atomic mass is 32.2. The summed E-state index contributed by atoms with van der Waals surface area (Å²) in [6.07, 6.45) is 6.38. The monoisotopic (exact) mass is 231 g/mol. The van der Waals surface area contributed by atoms with Crippen molar-refractivity contribution in [3.8, 4) is 0 Å². The minimum Gasteiger partial charge on any atom is -0.314 e. The van der Waals surface area contributed by atoms with E-state index in [1.165, 1.54) is 25.7 Å². The van der Waals surface area contributed by atoms with Gasteiger partial charge in [0, 0.05) is 28.3 Å². The van der Waals surface area contributed by atoms with Crippen molar-refractivity contribution < 1.29 is 4.21 Å². The Morgan fingerprint density at radius 2 is 2.13 bits per heavy atom. The Morgan fingerprint density at radius 1 is 1.33 bits per heavy atom. The second kappa shape index (κ2) is 7.39. The summed E-state index contributed by atoms with van der Waals surface area (Å²) in [4.78, 5) is 0. The molecule has 1 rings (SSSR count). The molecular weight excluding hydrogens is 206 g/mol. The molecule has 1 aliphatic carbocycles. The van der Waals surface area contributed by atoms with Gasteiger partial charge in [0.15, 0.2) is 0 Å². The van der Waals surface area contributed by atoms with Gasteiger partial charge in [0.25, 0.3) is 0 Å². The standard InChI is InChI=1S/C12H25NOS/c1-3-9-13-12-7-5-6-11(12)8-10-15(14)4-2/h11-13H,3-10H2,1-2H3. The average Bonchev–Trinajstić information content (AvgIpc) is 2.70. The van der Waals surface area contributed by atoms with Gasteiger partial charge in [0.1, 0.15) is 0 Å². The molecule has 1 N–H and O–H groups in total. The Morgan fingerprint density at radius 3 is 2.80 bits per heavy atom. The Bertz CT molecular complexity index is 196. The molecule has 0 aromatic carbocycles. The lowest BCUT2D eigenvalue weighted by Crippen LogP contribution is -2.33. The smallest absolute Gasteiger partial charge is 0.0237 e. The molecule has 3 atom stereocenters. The summed E-state index contributed by atoms with van der Waals surface area (Å²) in [6.45, 7) is 5.36. The van der Waals surface area contributed by atoms with E-state index in [0.29, 0.717) is 6.04 Å². The summed E-state index contributed by atoms with van der Waals surface area (Å²) in [5, 5.41) is 3.62. The van der Waals surface area contributed by atoms with Crippen molar-refractivity contribution in [3.63, 3.8) is 0 Å². The summed E-state index contributed by atoms with van der Waals surface area (Å²) >= 11 is 0. The highest BCUT2D eigenvalue weighted by Crippen LogP contribution is 2.28. The SMILES string of the molecule is CCCNC1CCCC1CCS(=O)CC. The minimum absolute atomic E-state index is 0.571. The first-order valence-electron chi connectivity index (χ1n) is 6.36. The first-order chi connectivity index (χ1) is 7.27. The molecule has 2 nitrogen and oxygen atoms in total. The van der Waals surface area contributed by atoms with Crippen molar-refractivity contribution >= 4 is 10.8 Å². The van der Waals surface area contributed by atoms with Crippen molar-refractivity contribution in [2.45, 2.75) is 52.0 Å². The van der Waals surface area contributed by atoms with E-state index in [4.69, 9.17) is 0 Å². The molecule has 3 heteroatoms. The maximum atomic E-state index is 11.4. The lowest BCUT2D eigenvalue weighted by atomic mass is 10.0. The number of hydrogen-bond acceptors (Lipinski definition) is 2. The highest BCUT2D eigenvalue weighted by Gasteiger charge is 2.26. The van der Waals surface area contributed by atoms with Gasteiger partial charge in [-0.25, -0.2) is 0 Å². The van der Waals surface area contributed by atoms with Crippen molar-refractivity contribution in [2.75, 3.05) is 18.1 Å². The van der Waals surface area contributed by atoms with E-state index in [2.05, 4.69) is 12.2 Å². The Balaban J connectivity index is 2.23. The second-order valence-electron chi connectivity index (χ2n) is 4.47. The summed E-state index contributed by atoms with van der Waals surface area (Å²) < 4.78 is 11.4. The molecule has 1 fully saturated rings. The van der Waals surface area contributed by atoms with E-state index in [9.17, 15) is 4.21 Å². The van der Waals surface area contributed by atoms with Gasteiger partial charge in [-0.3, -0.25) is 4.21 Å². The van der Waals surface area contributed by atoms with Crippen LogP contribution in [0, 0.1) is 5.92 Å². The molecule has 1 saturated carbocycles. The molecule has 0 saturated heterocycles. The summed E-state index contributed by atoms with van der Waals surface area (Å²) in [5.74, 6) is 2.51. The van der Waals surface area contributed by atoms with Gasteiger partial charge in [-0.15, -0.1) is 0 Å². The molecule has 0 amide bonds. The first-order valence-corrected chi connectivity index (χ1v) is 7.85. The van der Waals surface area contributed by atoms with Crippen LogP contribution in [-0.2, 0) is 10.8 Å². The summed E-state index contributed by atoms with van der Waals surface area (Å²) in [6, 6.07) is 0.707. The molecule has 90 valence electrons. The third-order valence-corrected chi connectivity index (χ3v) is 4.69. The van der Waals surface area contributed by atoms with Crippen LogP contribution < -0.4 is 5.32 Å². The topological polar surface area (TPSA) is 29.1 Å². The van der Waals surface area contributed by atoms with E-state index in [1.807, 2.05) is 6.92 Å². The van der Waals surface area contributed by atoms with Crippen LogP contribution in [0.4, 0.5) is 0 Å². The maximum Gasteiger partial charge on any atom is 0.0237 e. The zero-order valence-corrected chi connectivity index (χ0v) is 10.9. The molecule has 3 unspecified atom stereocenters. The fourth-order valence-electron chi connectivity index (χ4n) is 2.41. The van der Waals surface area contributed by atoms with Crippen LogP contribution in [-0.4, -0.2) is 28.3 Å². The predicted octanol–water partition coefficient (Wildman–Crippen LogP) is 2.31. The van der Waals surface area contributed by atoms with Gasteiger partial charge in [0.05, 0.1) is 0 Å². The largest absolute Gasteiger partial charge is 0.314 e. The molecule has 0 radical (unpaired) electrons. The maximum absolute atomic E-state index is 11.4. The number of rotatable bonds is 7. The van der Waals surface area contributed by atoms with Crippen molar-refractivity contribution in [1.29, 1.82) is 0 Å². The van der Waals surface area contributed by atoms with Crippen LogP contribution in [0.25, 0.3) is 0 Å². The molecule has 0 spiro atoms. The molecule has 1 aliphatic rings. The van der Waals surface area contributed by atoms with E-state index in [1.54, 1.807) is 0 Å². The van der Waals surface area contributed by atoms with Crippen LogP contribution >= 0.6 is 0 Å². The van der Waals surface area contributed by atoms with Crippen molar-refractivity contribution in [2.24, 2.45) is 5.92 Å². The van der Waals surface area contributed by atoms with Crippen molar-refractivity contribution in [3.05, 3.63) is 0 Å².